The number of pyridine rings is 1. The summed E-state index contributed by atoms with van der Waals surface area (Å²) in [6, 6.07) is 10.0. The van der Waals surface area contributed by atoms with E-state index < -0.39 is 15.7 Å². The Hall–Kier alpha value is -2.94. The molecule has 9 heteroatoms. The summed E-state index contributed by atoms with van der Waals surface area (Å²) in [7, 11) is -3.24. The zero-order chi connectivity index (χ0) is 21.7. The standard InChI is InChI=1S/C21H26FN5O2S/c1-4-23-21(25-12-19-13-27-15(2)6-5-7-20(27)26-19)24-11-17-10-18(22)9-8-16(17)14-30(3,28)29/h5-10,13H,4,11-12,14H2,1-3H3,(H2,23,24,25). The van der Waals surface area contributed by atoms with Crippen LogP contribution in [0.3, 0.4) is 0 Å². The Morgan fingerprint density at radius 1 is 1.20 bits per heavy atom. The molecule has 0 spiro atoms. The van der Waals surface area contributed by atoms with E-state index in [9.17, 15) is 12.8 Å². The molecule has 0 aliphatic rings. The lowest BCUT2D eigenvalue weighted by atomic mass is 10.1. The van der Waals surface area contributed by atoms with E-state index in [1.54, 1.807) is 0 Å². The van der Waals surface area contributed by atoms with Crippen LogP contribution in [0.15, 0.2) is 47.6 Å². The lowest BCUT2D eigenvalue weighted by Crippen LogP contribution is -2.36. The highest BCUT2D eigenvalue weighted by Crippen LogP contribution is 2.15. The van der Waals surface area contributed by atoms with Crippen molar-refractivity contribution in [2.24, 2.45) is 4.99 Å². The number of nitrogens with zero attached hydrogens (tertiary/aromatic N) is 3. The molecule has 30 heavy (non-hydrogen) atoms. The van der Waals surface area contributed by atoms with E-state index >= 15 is 0 Å². The van der Waals surface area contributed by atoms with Crippen molar-refractivity contribution in [3.05, 3.63) is 70.9 Å². The summed E-state index contributed by atoms with van der Waals surface area (Å²) >= 11 is 0. The summed E-state index contributed by atoms with van der Waals surface area (Å²) in [6.45, 7) is 5.23. The van der Waals surface area contributed by atoms with Crippen molar-refractivity contribution in [3.8, 4) is 0 Å². The summed E-state index contributed by atoms with van der Waals surface area (Å²) in [6.07, 6.45) is 3.13. The fraction of sp³-hybridized carbons (Fsp3) is 0.333. The Balaban J connectivity index is 1.76. The Bertz CT molecular complexity index is 1170. The van der Waals surface area contributed by atoms with E-state index in [1.165, 1.54) is 18.2 Å². The molecule has 0 bridgehead atoms. The van der Waals surface area contributed by atoms with Crippen molar-refractivity contribution in [1.29, 1.82) is 0 Å². The molecule has 0 aliphatic carbocycles. The van der Waals surface area contributed by atoms with E-state index in [0.717, 1.165) is 23.3 Å². The molecule has 0 atom stereocenters. The van der Waals surface area contributed by atoms with Crippen LogP contribution >= 0.6 is 0 Å². The van der Waals surface area contributed by atoms with Crippen LogP contribution in [0, 0.1) is 12.7 Å². The van der Waals surface area contributed by atoms with Crippen LogP contribution in [0.1, 0.15) is 29.4 Å². The van der Waals surface area contributed by atoms with E-state index in [4.69, 9.17) is 0 Å². The van der Waals surface area contributed by atoms with Gasteiger partial charge in [0.05, 0.1) is 24.5 Å². The van der Waals surface area contributed by atoms with Gasteiger partial charge in [-0.2, -0.15) is 0 Å². The molecule has 0 radical (unpaired) electrons. The van der Waals surface area contributed by atoms with Crippen LogP contribution in [-0.4, -0.2) is 36.6 Å². The summed E-state index contributed by atoms with van der Waals surface area (Å²) in [5.41, 5.74) is 3.92. The number of hydrogen-bond acceptors (Lipinski definition) is 4. The molecule has 7 nitrogen and oxygen atoms in total. The predicted octanol–water partition coefficient (Wildman–Crippen LogP) is 2.58. The van der Waals surface area contributed by atoms with Gasteiger partial charge in [0, 0.05) is 24.7 Å². The number of benzene rings is 1. The molecule has 0 saturated heterocycles. The van der Waals surface area contributed by atoms with Crippen molar-refractivity contribution in [3.63, 3.8) is 0 Å². The largest absolute Gasteiger partial charge is 0.357 e. The highest BCUT2D eigenvalue weighted by Gasteiger charge is 2.11. The molecule has 3 rings (SSSR count). The maximum Gasteiger partial charge on any atom is 0.191 e. The van der Waals surface area contributed by atoms with Crippen LogP contribution in [0.2, 0.25) is 0 Å². The van der Waals surface area contributed by atoms with E-state index in [2.05, 4.69) is 20.6 Å². The normalized spacial score (nSPS) is 12.3. The topological polar surface area (TPSA) is 87.9 Å². The molecule has 1 aromatic carbocycles. The minimum atomic E-state index is -3.24. The average Bonchev–Trinajstić information content (AvgIpc) is 3.09. The molecule has 2 heterocycles. The van der Waals surface area contributed by atoms with Gasteiger partial charge in [-0.1, -0.05) is 12.1 Å². The van der Waals surface area contributed by atoms with Crippen LogP contribution in [0.5, 0.6) is 0 Å². The van der Waals surface area contributed by atoms with Gasteiger partial charge in [0.15, 0.2) is 15.8 Å². The maximum atomic E-state index is 13.7. The van der Waals surface area contributed by atoms with Crippen molar-refractivity contribution in [2.75, 3.05) is 12.8 Å². The van der Waals surface area contributed by atoms with Gasteiger partial charge in [-0.15, -0.1) is 0 Å². The quantitative estimate of drug-likeness (QED) is 0.444. The molecule has 2 N–H and O–H groups in total. The molecule has 0 aliphatic heterocycles. The number of imidazole rings is 1. The summed E-state index contributed by atoms with van der Waals surface area (Å²) in [5, 5.41) is 6.36. The molecule has 160 valence electrons. The number of aromatic nitrogens is 2. The first-order valence-electron chi connectivity index (χ1n) is 9.66. The minimum Gasteiger partial charge on any atom is -0.357 e. The molecular formula is C21H26FN5O2S. The van der Waals surface area contributed by atoms with Crippen LogP contribution < -0.4 is 10.6 Å². The molecular weight excluding hydrogens is 405 g/mol. The predicted molar refractivity (Wildman–Crippen MR) is 117 cm³/mol. The van der Waals surface area contributed by atoms with Gasteiger partial charge in [-0.25, -0.2) is 22.8 Å². The van der Waals surface area contributed by atoms with Crippen molar-refractivity contribution < 1.29 is 12.8 Å². The maximum absolute atomic E-state index is 13.7. The molecule has 0 amide bonds. The van der Waals surface area contributed by atoms with Crippen LogP contribution in [0.25, 0.3) is 5.65 Å². The van der Waals surface area contributed by atoms with Crippen molar-refractivity contribution in [1.82, 2.24) is 20.0 Å². The van der Waals surface area contributed by atoms with Crippen molar-refractivity contribution in [2.45, 2.75) is 32.7 Å². The first kappa shape index (κ1) is 21.8. The van der Waals surface area contributed by atoms with Gasteiger partial charge >= 0.3 is 0 Å². The van der Waals surface area contributed by atoms with Gasteiger partial charge in [-0.05, 0) is 49.2 Å². The zero-order valence-electron chi connectivity index (χ0n) is 17.3. The molecule has 3 aromatic rings. The lowest BCUT2D eigenvalue weighted by molar-refractivity contribution is 0.600. The number of nitrogens with one attached hydrogen (secondary N) is 2. The van der Waals surface area contributed by atoms with E-state index in [1.807, 2.05) is 42.6 Å². The number of halogens is 1. The number of hydrogen-bond donors (Lipinski definition) is 2. The van der Waals surface area contributed by atoms with Gasteiger partial charge in [0.2, 0.25) is 0 Å². The minimum absolute atomic E-state index is 0.150. The van der Waals surface area contributed by atoms with Crippen molar-refractivity contribution >= 4 is 21.4 Å². The average molecular weight is 432 g/mol. The van der Waals surface area contributed by atoms with Crippen LogP contribution in [0.4, 0.5) is 4.39 Å². The first-order chi connectivity index (χ1) is 14.2. The highest BCUT2D eigenvalue weighted by atomic mass is 32.2. The number of sulfone groups is 1. The number of guanidine groups is 1. The monoisotopic (exact) mass is 431 g/mol. The zero-order valence-corrected chi connectivity index (χ0v) is 18.1. The highest BCUT2D eigenvalue weighted by molar-refractivity contribution is 7.89. The summed E-state index contributed by atoms with van der Waals surface area (Å²) < 4.78 is 39.1. The number of aliphatic imine (C=N–C) groups is 1. The summed E-state index contributed by atoms with van der Waals surface area (Å²) in [5.74, 6) is -0.0285. The van der Waals surface area contributed by atoms with Gasteiger partial charge in [-0.3, -0.25) is 0 Å². The Morgan fingerprint density at radius 2 is 2.00 bits per heavy atom. The lowest BCUT2D eigenvalue weighted by Gasteiger charge is -2.12. The molecule has 0 unspecified atom stereocenters. The second-order valence-electron chi connectivity index (χ2n) is 7.16. The number of aryl methyl sites for hydroxylation is 1. The number of rotatable bonds is 7. The molecule has 0 saturated carbocycles. The van der Waals surface area contributed by atoms with E-state index in [-0.39, 0.29) is 12.3 Å². The van der Waals surface area contributed by atoms with Gasteiger partial charge in [0.1, 0.15) is 11.5 Å². The smallest absolute Gasteiger partial charge is 0.191 e. The van der Waals surface area contributed by atoms with E-state index in [0.29, 0.717) is 30.2 Å². The number of fused-ring (bicyclic) bond motifs is 1. The van der Waals surface area contributed by atoms with Crippen LogP contribution in [-0.2, 0) is 28.7 Å². The Morgan fingerprint density at radius 3 is 2.70 bits per heavy atom. The first-order valence-corrected chi connectivity index (χ1v) is 11.7. The Labute approximate surface area is 176 Å². The third-order valence-corrected chi connectivity index (χ3v) is 5.36. The summed E-state index contributed by atoms with van der Waals surface area (Å²) in [4.78, 5) is 9.09. The molecule has 2 aromatic heterocycles. The Kier molecular flexibility index (Phi) is 6.71. The second kappa shape index (κ2) is 9.25. The third kappa shape index (κ3) is 5.79. The molecule has 0 fully saturated rings. The third-order valence-electron chi connectivity index (χ3n) is 4.52. The second-order valence-corrected chi connectivity index (χ2v) is 9.30. The van der Waals surface area contributed by atoms with Gasteiger partial charge < -0.3 is 15.0 Å². The SMILES string of the molecule is CCNC(=NCc1cc(F)ccc1CS(C)(=O)=O)NCc1cn2c(C)cccc2n1. The van der Waals surface area contributed by atoms with Gasteiger partial charge in [0.25, 0.3) is 0 Å². The fourth-order valence-electron chi connectivity index (χ4n) is 3.13. The fourth-order valence-corrected chi connectivity index (χ4v) is 3.98.